The largest absolute Gasteiger partial charge is 0.383 e. The molecule has 2 aromatic rings. The van der Waals surface area contributed by atoms with Crippen molar-refractivity contribution in [2.24, 2.45) is 10.7 Å². The van der Waals surface area contributed by atoms with E-state index in [9.17, 15) is 0 Å². The first-order valence-electron chi connectivity index (χ1n) is 9.56. The topological polar surface area (TPSA) is 71.9 Å². The molecule has 29 heavy (non-hydrogen) atoms. The van der Waals surface area contributed by atoms with Crippen molar-refractivity contribution in [3.8, 4) is 0 Å². The summed E-state index contributed by atoms with van der Waals surface area (Å²) in [4.78, 5) is 9.13. The van der Waals surface area contributed by atoms with Crippen LogP contribution in [0.2, 0.25) is 5.02 Å². The van der Waals surface area contributed by atoms with Gasteiger partial charge in [0.15, 0.2) is 5.96 Å². The van der Waals surface area contributed by atoms with Crippen LogP contribution in [0, 0.1) is 13.8 Å². The molecule has 0 bridgehead atoms. The quantitative estimate of drug-likeness (QED) is 0.352. The van der Waals surface area contributed by atoms with Gasteiger partial charge in [-0.05, 0) is 38.1 Å². The van der Waals surface area contributed by atoms with E-state index in [1.54, 1.807) is 7.11 Å². The van der Waals surface area contributed by atoms with E-state index in [4.69, 9.17) is 22.1 Å². The minimum atomic E-state index is 0. The summed E-state index contributed by atoms with van der Waals surface area (Å²) in [5.41, 5.74) is 10.7. The number of anilines is 1. The van der Waals surface area contributed by atoms with Gasteiger partial charge in [-0.3, -0.25) is 4.68 Å². The van der Waals surface area contributed by atoms with Crippen LogP contribution in [-0.4, -0.2) is 60.5 Å². The second kappa shape index (κ2) is 11.0. The first-order valence-corrected chi connectivity index (χ1v) is 9.94. The fourth-order valence-electron chi connectivity index (χ4n) is 3.46. The third-order valence-corrected chi connectivity index (χ3v) is 5.49. The predicted molar refractivity (Wildman–Crippen MR) is 130 cm³/mol. The number of hydrogen-bond acceptors (Lipinski definition) is 4. The number of aryl methyl sites for hydroxylation is 1. The van der Waals surface area contributed by atoms with E-state index in [1.807, 2.05) is 23.7 Å². The predicted octanol–water partition coefficient (Wildman–Crippen LogP) is 3.05. The van der Waals surface area contributed by atoms with Crippen LogP contribution in [0.3, 0.4) is 0 Å². The van der Waals surface area contributed by atoms with E-state index in [1.165, 1.54) is 5.69 Å². The average Bonchev–Trinajstić information content (AvgIpc) is 2.98. The smallest absolute Gasteiger partial charge is 0.191 e. The van der Waals surface area contributed by atoms with Crippen LogP contribution < -0.4 is 10.6 Å². The van der Waals surface area contributed by atoms with E-state index < -0.39 is 0 Å². The van der Waals surface area contributed by atoms with Crippen molar-refractivity contribution in [2.45, 2.75) is 26.9 Å². The van der Waals surface area contributed by atoms with Gasteiger partial charge in [-0.15, -0.1) is 24.0 Å². The summed E-state index contributed by atoms with van der Waals surface area (Å²) in [6.45, 7) is 9.54. The summed E-state index contributed by atoms with van der Waals surface area (Å²) in [6.07, 6.45) is 0. The summed E-state index contributed by atoms with van der Waals surface area (Å²) in [7, 11) is 1.70. The molecule has 1 fully saturated rings. The van der Waals surface area contributed by atoms with Gasteiger partial charge in [-0.2, -0.15) is 5.10 Å². The Balaban J connectivity index is 0.00000300. The Morgan fingerprint density at radius 3 is 2.45 bits per heavy atom. The van der Waals surface area contributed by atoms with Gasteiger partial charge in [0.2, 0.25) is 0 Å². The number of piperazine rings is 1. The number of halogens is 2. The molecule has 0 radical (unpaired) electrons. The average molecular weight is 533 g/mol. The van der Waals surface area contributed by atoms with Crippen LogP contribution >= 0.6 is 35.6 Å². The van der Waals surface area contributed by atoms with Crippen LogP contribution in [0.1, 0.15) is 17.0 Å². The molecule has 2 N–H and O–H groups in total. The van der Waals surface area contributed by atoms with Gasteiger partial charge in [0.05, 0.1) is 25.4 Å². The standard InChI is InChI=1S/C20H29ClN6O.HI/c1-15-19(16(2)27(24-15)12-13-28-3)14-23-20(22)26-10-8-25(9-11-26)18-6-4-17(21)5-7-18;/h4-7H,8-14H2,1-3H3,(H2,22,23);1H. The van der Waals surface area contributed by atoms with Crippen molar-refractivity contribution in [3.05, 3.63) is 46.2 Å². The Morgan fingerprint density at radius 1 is 1.17 bits per heavy atom. The van der Waals surface area contributed by atoms with E-state index >= 15 is 0 Å². The second-order valence-electron chi connectivity index (χ2n) is 6.99. The maximum Gasteiger partial charge on any atom is 0.191 e. The number of ether oxygens (including phenoxy) is 1. The molecule has 0 aliphatic carbocycles. The van der Waals surface area contributed by atoms with Crippen LogP contribution in [0.15, 0.2) is 29.3 Å². The maximum atomic E-state index is 6.28. The molecule has 9 heteroatoms. The van der Waals surface area contributed by atoms with Crippen molar-refractivity contribution in [1.82, 2.24) is 14.7 Å². The summed E-state index contributed by atoms with van der Waals surface area (Å²) < 4.78 is 7.13. The van der Waals surface area contributed by atoms with E-state index in [-0.39, 0.29) is 24.0 Å². The van der Waals surface area contributed by atoms with Gasteiger partial charge in [0, 0.05) is 55.3 Å². The van der Waals surface area contributed by atoms with Gasteiger partial charge in [-0.1, -0.05) is 11.6 Å². The summed E-state index contributed by atoms with van der Waals surface area (Å²) in [5.74, 6) is 0.596. The molecular weight excluding hydrogens is 503 g/mol. The molecule has 0 unspecified atom stereocenters. The first kappa shape index (κ1) is 23.8. The van der Waals surface area contributed by atoms with Crippen molar-refractivity contribution in [3.63, 3.8) is 0 Å². The van der Waals surface area contributed by atoms with Gasteiger partial charge >= 0.3 is 0 Å². The van der Waals surface area contributed by atoms with Crippen molar-refractivity contribution in [1.29, 1.82) is 0 Å². The normalized spacial score (nSPS) is 14.8. The van der Waals surface area contributed by atoms with E-state index in [2.05, 4.69) is 38.9 Å². The molecule has 7 nitrogen and oxygen atoms in total. The summed E-state index contributed by atoms with van der Waals surface area (Å²) >= 11 is 5.98. The molecule has 3 rings (SSSR count). The van der Waals surface area contributed by atoms with Gasteiger partial charge in [-0.25, -0.2) is 4.99 Å². The summed E-state index contributed by atoms with van der Waals surface area (Å²) in [6, 6.07) is 7.97. The van der Waals surface area contributed by atoms with Gasteiger partial charge in [0.25, 0.3) is 0 Å². The molecular formula is C20H30ClIN6O. The van der Waals surface area contributed by atoms with E-state index in [0.29, 0.717) is 19.1 Å². The molecule has 1 aliphatic heterocycles. The third kappa shape index (κ3) is 5.99. The molecule has 2 heterocycles. The molecule has 1 aliphatic rings. The number of guanidine groups is 1. The Labute approximate surface area is 194 Å². The Kier molecular flexibility index (Phi) is 9.04. The summed E-state index contributed by atoms with van der Waals surface area (Å²) in [5, 5.41) is 5.34. The van der Waals surface area contributed by atoms with Crippen LogP contribution in [-0.2, 0) is 17.8 Å². The number of benzene rings is 1. The van der Waals surface area contributed by atoms with Crippen molar-refractivity contribution < 1.29 is 4.74 Å². The number of nitrogens with two attached hydrogens (primary N) is 1. The van der Waals surface area contributed by atoms with Crippen molar-refractivity contribution in [2.75, 3.05) is 44.8 Å². The van der Waals surface area contributed by atoms with E-state index in [0.717, 1.165) is 54.7 Å². The minimum Gasteiger partial charge on any atom is -0.383 e. The number of aliphatic imine (C=N–C) groups is 1. The SMILES string of the molecule is COCCn1nc(C)c(CN=C(N)N2CCN(c3ccc(Cl)cc3)CC2)c1C.I. The van der Waals surface area contributed by atoms with Crippen LogP contribution in [0.5, 0.6) is 0 Å². The molecule has 1 saturated heterocycles. The first-order chi connectivity index (χ1) is 13.5. The zero-order valence-electron chi connectivity index (χ0n) is 17.3. The Morgan fingerprint density at radius 2 is 1.83 bits per heavy atom. The highest BCUT2D eigenvalue weighted by Gasteiger charge is 2.19. The molecule has 0 spiro atoms. The highest BCUT2D eigenvalue weighted by atomic mass is 127. The minimum absolute atomic E-state index is 0. The van der Waals surface area contributed by atoms with Gasteiger partial charge < -0.3 is 20.3 Å². The molecule has 1 aromatic heterocycles. The number of hydrogen-bond donors (Lipinski definition) is 1. The monoisotopic (exact) mass is 532 g/mol. The van der Waals surface area contributed by atoms with Crippen LogP contribution in [0.4, 0.5) is 5.69 Å². The highest BCUT2D eigenvalue weighted by molar-refractivity contribution is 14.0. The number of aromatic nitrogens is 2. The highest BCUT2D eigenvalue weighted by Crippen LogP contribution is 2.19. The number of rotatable bonds is 6. The number of nitrogens with zero attached hydrogens (tertiary/aromatic N) is 5. The third-order valence-electron chi connectivity index (χ3n) is 5.23. The molecule has 160 valence electrons. The van der Waals surface area contributed by atoms with Crippen molar-refractivity contribution >= 4 is 47.2 Å². The molecule has 0 saturated carbocycles. The number of methoxy groups -OCH3 is 1. The van der Waals surface area contributed by atoms with Gasteiger partial charge in [0.1, 0.15) is 0 Å². The second-order valence-corrected chi connectivity index (χ2v) is 7.43. The molecule has 1 aromatic carbocycles. The molecule has 0 amide bonds. The fraction of sp³-hybridized carbons (Fsp3) is 0.500. The lowest BCUT2D eigenvalue weighted by Gasteiger charge is -2.36. The lowest BCUT2D eigenvalue weighted by atomic mass is 10.2. The Bertz CT molecular complexity index is 815. The lowest BCUT2D eigenvalue weighted by Crippen LogP contribution is -2.51. The zero-order chi connectivity index (χ0) is 20.1. The Hall–Kier alpha value is -1.52. The fourth-order valence-corrected chi connectivity index (χ4v) is 3.59. The lowest BCUT2D eigenvalue weighted by molar-refractivity contribution is 0.182. The van der Waals surface area contributed by atoms with Crippen LogP contribution in [0.25, 0.3) is 0 Å². The molecule has 0 atom stereocenters. The zero-order valence-corrected chi connectivity index (χ0v) is 20.4. The maximum absolute atomic E-state index is 6.28.